The molecule has 0 saturated heterocycles. The summed E-state index contributed by atoms with van der Waals surface area (Å²) in [6.45, 7) is 0.388. The molecule has 5 aromatic rings. The quantitative estimate of drug-likeness (QED) is 0.491. The van der Waals surface area contributed by atoms with E-state index in [1.54, 1.807) is 35.2 Å². The molecule has 0 atom stereocenters. The second kappa shape index (κ2) is 5.91. The van der Waals surface area contributed by atoms with Crippen LogP contribution in [0, 0.1) is 0 Å². The number of nitrogens with two attached hydrogens (primary N) is 1. The Morgan fingerprint density at radius 3 is 2.89 bits per heavy atom. The first-order valence-corrected chi connectivity index (χ1v) is 8.34. The topological polar surface area (TPSA) is 138 Å². The van der Waals surface area contributed by atoms with Crippen LogP contribution in [0.15, 0.2) is 53.3 Å². The van der Waals surface area contributed by atoms with Crippen molar-refractivity contribution in [3.8, 4) is 11.5 Å². The molecular formula is C18H13N7O3. The Morgan fingerprint density at radius 2 is 2.11 bits per heavy atom. The average Bonchev–Trinajstić information content (AvgIpc) is 3.41. The zero-order chi connectivity index (χ0) is 19.3. The van der Waals surface area contributed by atoms with Crippen LogP contribution in [0.2, 0.25) is 0 Å². The molecular weight excluding hydrogens is 362 g/mol. The van der Waals surface area contributed by atoms with E-state index in [-0.39, 0.29) is 5.95 Å². The van der Waals surface area contributed by atoms with Gasteiger partial charge in [-0.25, -0.2) is 14.5 Å². The standard InChI is InChI=1S/C18H13N7O3/c19-17-20-14(13-2-1-7-28-13)15-16(21-17)25(23-22-15)9-10-3-4-12-11(8-10)5-6-24(12)18(26)27/h1-8H,9H2,(H,26,27)(H2,19,20,21). The molecule has 4 aromatic heterocycles. The number of anilines is 1. The highest BCUT2D eigenvalue weighted by atomic mass is 16.4. The molecule has 0 spiro atoms. The van der Waals surface area contributed by atoms with Crippen molar-refractivity contribution < 1.29 is 14.3 Å². The van der Waals surface area contributed by atoms with Crippen LogP contribution in [0.1, 0.15) is 5.56 Å². The second-order valence-electron chi connectivity index (χ2n) is 6.19. The van der Waals surface area contributed by atoms with Gasteiger partial charge in [0.2, 0.25) is 5.95 Å². The normalized spacial score (nSPS) is 11.4. The van der Waals surface area contributed by atoms with Gasteiger partial charge in [0, 0.05) is 11.6 Å². The van der Waals surface area contributed by atoms with Crippen molar-refractivity contribution in [2.75, 3.05) is 5.73 Å². The number of aromatic nitrogens is 6. The van der Waals surface area contributed by atoms with Crippen LogP contribution in [0.4, 0.5) is 10.7 Å². The van der Waals surface area contributed by atoms with E-state index in [9.17, 15) is 9.90 Å². The number of rotatable bonds is 3. The number of nitrogens with zero attached hydrogens (tertiary/aromatic N) is 6. The first-order valence-electron chi connectivity index (χ1n) is 8.34. The lowest BCUT2D eigenvalue weighted by molar-refractivity contribution is 0.197. The number of hydrogen-bond donors (Lipinski definition) is 2. The number of nitrogen functional groups attached to an aromatic ring is 1. The Balaban J connectivity index is 1.57. The first kappa shape index (κ1) is 16.0. The van der Waals surface area contributed by atoms with E-state index in [2.05, 4.69) is 20.3 Å². The molecule has 0 amide bonds. The van der Waals surface area contributed by atoms with Gasteiger partial charge in [-0.3, -0.25) is 4.57 Å². The number of fused-ring (bicyclic) bond motifs is 2. The first-order chi connectivity index (χ1) is 13.6. The molecule has 0 unspecified atom stereocenters. The fourth-order valence-corrected chi connectivity index (χ4v) is 3.19. The van der Waals surface area contributed by atoms with Gasteiger partial charge in [-0.1, -0.05) is 11.3 Å². The highest BCUT2D eigenvalue weighted by Gasteiger charge is 2.17. The molecule has 0 aliphatic carbocycles. The number of carbonyl (C=O) groups is 1. The summed E-state index contributed by atoms with van der Waals surface area (Å²) >= 11 is 0. The third-order valence-corrected chi connectivity index (χ3v) is 4.43. The summed E-state index contributed by atoms with van der Waals surface area (Å²) in [4.78, 5) is 19.7. The van der Waals surface area contributed by atoms with Crippen molar-refractivity contribution in [3.05, 3.63) is 54.4 Å². The summed E-state index contributed by atoms with van der Waals surface area (Å²) in [6.07, 6.45) is 2.04. The molecule has 3 N–H and O–H groups in total. The molecule has 0 fully saturated rings. The fourth-order valence-electron chi connectivity index (χ4n) is 3.19. The summed E-state index contributed by atoms with van der Waals surface area (Å²) < 4.78 is 8.20. The van der Waals surface area contributed by atoms with Crippen LogP contribution in [-0.4, -0.2) is 40.7 Å². The molecule has 10 heteroatoms. The smallest absolute Gasteiger partial charge is 0.415 e. The highest BCUT2D eigenvalue weighted by molar-refractivity contribution is 5.89. The Labute approximate surface area is 156 Å². The molecule has 0 aliphatic rings. The number of carboxylic acid groups (broad SMARTS) is 1. The monoisotopic (exact) mass is 375 g/mol. The van der Waals surface area contributed by atoms with Crippen molar-refractivity contribution in [1.29, 1.82) is 0 Å². The van der Waals surface area contributed by atoms with Crippen LogP contribution in [0.25, 0.3) is 33.5 Å². The van der Waals surface area contributed by atoms with E-state index in [0.717, 1.165) is 10.9 Å². The summed E-state index contributed by atoms with van der Waals surface area (Å²) in [6, 6.07) is 10.8. The van der Waals surface area contributed by atoms with Gasteiger partial charge in [0.15, 0.2) is 16.9 Å². The van der Waals surface area contributed by atoms with Gasteiger partial charge in [-0.15, -0.1) is 5.10 Å². The largest absolute Gasteiger partial charge is 0.464 e. The molecule has 0 radical (unpaired) electrons. The maximum Gasteiger partial charge on any atom is 0.415 e. The maximum atomic E-state index is 11.2. The van der Waals surface area contributed by atoms with E-state index < -0.39 is 6.09 Å². The number of hydrogen-bond acceptors (Lipinski definition) is 7. The van der Waals surface area contributed by atoms with Crippen LogP contribution < -0.4 is 5.73 Å². The Kier molecular flexibility index (Phi) is 3.38. The SMILES string of the molecule is Nc1nc(-c2ccco2)c2nnn(Cc3ccc4c(ccn4C(=O)O)c3)c2n1. The van der Waals surface area contributed by atoms with Crippen molar-refractivity contribution in [1.82, 2.24) is 29.5 Å². The summed E-state index contributed by atoms with van der Waals surface area (Å²) in [5.74, 6) is 0.624. The van der Waals surface area contributed by atoms with Crippen molar-refractivity contribution >= 4 is 34.1 Å². The van der Waals surface area contributed by atoms with Crippen LogP contribution in [-0.2, 0) is 6.54 Å². The van der Waals surface area contributed by atoms with Crippen molar-refractivity contribution in [2.45, 2.75) is 6.54 Å². The van der Waals surface area contributed by atoms with Crippen LogP contribution in [0.3, 0.4) is 0 Å². The molecule has 4 heterocycles. The summed E-state index contributed by atoms with van der Waals surface area (Å²) in [7, 11) is 0. The van der Waals surface area contributed by atoms with Gasteiger partial charge in [-0.2, -0.15) is 4.98 Å². The van der Waals surface area contributed by atoms with Crippen molar-refractivity contribution in [3.63, 3.8) is 0 Å². The second-order valence-corrected chi connectivity index (χ2v) is 6.19. The van der Waals surface area contributed by atoms with E-state index in [0.29, 0.717) is 34.7 Å². The molecule has 0 saturated carbocycles. The minimum atomic E-state index is -1.03. The average molecular weight is 375 g/mol. The highest BCUT2D eigenvalue weighted by Crippen LogP contribution is 2.26. The molecule has 28 heavy (non-hydrogen) atoms. The van der Waals surface area contributed by atoms with Crippen molar-refractivity contribution in [2.24, 2.45) is 0 Å². The van der Waals surface area contributed by atoms with Gasteiger partial charge in [0.05, 0.1) is 18.3 Å². The van der Waals surface area contributed by atoms with E-state index in [1.165, 1.54) is 10.8 Å². The zero-order valence-corrected chi connectivity index (χ0v) is 14.4. The Bertz CT molecular complexity index is 1330. The minimum Gasteiger partial charge on any atom is -0.464 e. The lowest BCUT2D eigenvalue weighted by atomic mass is 10.1. The Hall–Kier alpha value is -4.21. The summed E-state index contributed by atoms with van der Waals surface area (Å²) in [5, 5.41) is 18.4. The summed E-state index contributed by atoms with van der Waals surface area (Å²) in [5.41, 5.74) is 8.86. The predicted octanol–water partition coefficient (Wildman–Crippen LogP) is 2.59. The third-order valence-electron chi connectivity index (χ3n) is 4.43. The van der Waals surface area contributed by atoms with Gasteiger partial charge < -0.3 is 15.3 Å². The molecule has 0 bridgehead atoms. The minimum absolute atomic E-state index is 0.0939. The van der Waals surface area contributed by atoms with E-state index >= 15 is 0 Å². The molecule has 10 nitrogen and oxygen atoms in total. The van der Waals surface area contributed by atoms with Gasteiger partial charge in [0.1, 0.15) is 5.69 Å². The molecule has 0 aliphatic heterocycles. The molecule has 1 aromatic carbocycles. The fraction of sp³-hybridized carbons (Fsp3) is 0.0556. The third kappa shape index (κ3) is 2.47. The Morgan fingerprint density at radius 1 is 1.21 bits per heavy atom. The van der Waals surface area contributed by atoms with E-state index in [4.69, 9.17) is 10.2 Å². The molecule has 5 rings (SSSR count). The zero-order valence-electron chi connectivity index (χ0n) is 14.4. The van der Waals surface area contributed by atoms with Crippen LogP contribution >= 0.6 is 0 Å². The molecule has 138 valence electrons. The van der Waals surface area contributed by atoms with Gasteiger partial charge in [-0.05, 0) is 35.9 Å². The van der Waals surface area contributed by atoms with E-state index in [1.807, 2.05) is 12.1 Å². The number of furan rings is 1. The van der Waals surface area contributed by atoms with Gasteiger partial charge >= 0.3 is 6.09 Å². The maximum absolute atomic E-state index is 11.2. The lowest BCUT2D eigenvalue weighted by Crippen LogP contribution is -2.06. The van der Waals surface area contributed by atoms with Crippen LogP contribution in [0.5, 0.6) is 0 Å². The van der Waals surface area contributed by atoms with Gasteiger partial charge in [0.25, 0.3) is 0 Å². The lowest BCUT2D eigenvalue weighted by Gasteiger charge is -2.05. The number of benzene rings is 1. The predicted molar refractivity (Wildman–Crippen MR) is 99.7 cm³/mol.